The maximum absolute atomic E-state index is 12.4. The highest BCUT2D eigenvalue weighted by molar-refractivity contribution is 9.11. The molecule has 14 rings (SSSR count). The maximum atomic E-state index is 12.4. The van der Waals surface area contributed by atoms with Gasteiger partial charge in [-0.1, -0.05) is 117 Å². The highest BCUT2D eigenvalue weighted by atomic mass is 79.9. The van der Waals surface area contributed by atoms with Crippen LogP contribution in [0.2, 0.25) is 5.15 Å². The Labute approximate surface area is 855 Å². The fourth-order valence-electron chi connectivity index (χ4n) is 14.6. The Hall–Kier alpha value is -9.94. The quantitative estimate of drug-likeness (QED) is 0.00830. The molecule has 11 atom stereocenters. The van der Waals surface area contributed by atoms with Crippen molar-refractivity contribution in [2.45, 2.75) is 238 Å². The molecule has 5 aromatic carbocycles. The zero-order valence-corrected chi connectivity index (χ0v) is 91.5. The number of hydrogen-bond donors (Lipinski definition) is 4. The van der Waals surface area contributed by atoms with Crippen LogP contribution < -0.4 is 44.6 Å². The lowest BCUT2D eigenvalue weighted by Crippen LogP contribution is -2.35. The molecule has 9 heterocycles. The standard InChI is InChI=1S/C22H23BrN6O3.C16H23BrN4O2S.C16H21BrN4O2S.C12H15BrN4O.C12H12BrN3O2.C9H8ClN3O2.C4H11NOS/c1-4-31-21(30)18-11-26-29-6-5-16(9-19(18)29)27-13(2)17-8-15(23)7-14-10-22(3,12-25-28-24)32-20(14)17;2*1-10(20-24(22)15(2,3)4)13-7-12(17)6-11-8-16(5,9-19-21-18)23-14(11)13;1-7(14)10-4-9(13)3-8-5-12(2,6-16-17-15)18-11(8)10;1-7(17)10-4-9(13)3-8-5-12(2,6-15-16-14)18-11(8)10;1-2-15-9(14)6-5-11-13-4-3-7(10)12-8(6)13;1-4(2,3)7(5)6/h5-9,11,13,27H,4,10,12H2,1-3H3;6-7,10,20H,8-9H2,1-5H3;6-7H,8-9H2,1-5H3;3-4,7H,5-6,14H2,1-2H3;3-4H,5-6H2,1-2H3;3-5H,2H2,1H3;5H2,1-3H3/t13-,22?;10-,16?,24-;16?,24-;7-,12?;;;7-/m1111..1/s1. The van der Waals surface area contributed by atoms with Crippen LogP contribution in [0.5, 0.6) is 28.7 Å². The summed E-state index contributed by atoms with van der Waals surface area (Å²) >= 11 is 23.2. The Bertz CT molecular complexity index is 6420. The summed E-state index contributed by atoms with van der Waals surface area (Å²) in [7, 11) is -3.71. The number of anilines is 1. The molecule has 0 spiro atoms. The summed E-state index contributed by atoms with van der Waals surface area (Å²) in [5.74, 6) is 2.89. The first kappa shape index (κ1) is 113. The summed E-state index contributed by atoms with van der Waals surface area (Å²) < 4.78 is 89.6. The maximum Gasteiger partial charge on any atom is 0.343 e. The van der Waals surface area contributed by atoms with Crippen LogP contribution in [-0.4, -0.2) is 148 Å². The second-order valence-corrected chi connectivity index (χ2v) is 47.8. The van der Waals surface area contributed by atoms with Gasteiger partial charge < -0.3 is 44.2 Å². The monoisotopic (exact) mass is 2290 g/mol. The van der Waals surface area contributed by atoms with Crippen LogP contribution in [0.15, 0.2) is 156 Å². The number of ketones is 1. The van der Waals surface area contributed by atoms with E-state index in [0.717, 1.165) is 108 Å². The first-order valence-corrected chi connectivity index (χ1v) is 51.1. The number of carbonyl (C=O) groups is 3. The van der Waals surface area contributed by atoms with Crippen molar-refractivity contribution in [3.8, 4) is 28.7 Å². The Morgan fingerprint density at radius 1 is 0.507 bits per heavy atom. The zero-order chi connectivity index (χ0) is 103. The van der Waals surface area contributed by atoms with Crippen molar-refractivity contribution in [1.29, 1.82) is 0 Å². The normalized spacial score (nSPS) is 19.5. The highest BCUT2D eigenvalue weighted by Gasteiger charge is 2.43. The Morgan fingerprint density at radius 3 is 1.24 bits per heavy atom. The summed E-state index contributed by atoms with van der Waals surface area (Å²) in [6.45, 7) is 41.3. The second kappa shape index (κ2) is 48.5. The number of azide groups is 5. The highest BCUT2D eigenvalue weighted by Crippen LogP contribution is 2.48. The first-order chi connectivity index (χ1) is 64.5. The smallest absolute Gasteiger partial charge is 0.343 e. The van der Waals surface area contributed by atoms with Gasteiger partial charge in [-0.3, -0.25) is 9.93 Å². The number of nitrogens with zero attached hydrogens (tertiary/aromatic N) is 21. The minimum absolute atomic E-state index is 0.0411. The molecule has 0 saturated heterocycles. The van der Waals surface area contributed by atoms with E-state index in [1.807, 2.05) is 191 Å². The number of halogens is 6. The van der Waals surface area contributed by atoms with E-state index < -0.39 is 77.6 Å². The third-order valence-electron chi connectivity index (χ3n) is 21.3. The van der Waals surface area contributed by atoms with Gasteiger partial charge in [-0.15, -0.1) is 0 Å². The number of benzene rings is 5. The number of aromatic nitrogens is 5. The van der Waals surface area contributed by atoms with Crippen molar-refractivity contribution in [3.05, 3.63) is 250 Å². The molecule has 9 aromatic rings. The van der Waals surface area contributed by atoms with E-state index in [9.17, 15) is 27.0 Å². The fraction of sp³-hybridized carbons (Fsp3) is 0.484. The molecule has 138 heavy (non-hydrogen) atoms. The Balaban J connectivity index is 0.000000203. The van der Waals surface area contributed by atoms with E-state index in [2.05, 4.69) is 159 Å². The van der Waals surface area contributed by atoms with Gasteiger partial charge in [-0.25, -0.2) is 41.0 Å². The van der Waals surface area contributed by atoms with Gasteiger partial charge >= 0.3 is 11.9 Å². The van der Waals surface area contributed by atoms with Crippen molar-refractivity contribution in [1.82, 2.24) is 28.9 Å². The molecule has 0 amide bonds. The molecule has 5 aliphatic rings. The fourth-order valence-corrected chi connectivity index (χ4v) is 18.7. The van der Waals surface area contributed by atoms with Gasteiger partial charge in [-0.05, 0) is 280 Å². The van der Waals surface area contributed by atoms with Crippen LogP contribution in [0, 0.1) is 0 Å². The average Bonchev–Trinajstić information content (AvgIpc) is 1.63. The Kier molecular flexibility index (Phi) is 39.8. The topological polar surface area (TPSA) is 547 Å². The Morgan fingerprint density at radius 2 is 0.855 bits per heavy atom. The molecule has 740 valence electrons. The van der Waals surface area contributed by atoms with Crippen LogP contribution in [0.3, 0.4) is 0 Å². The number of Topliss-reactive ketones (excluding diaryl/α,β-unsaturated/α-hetero) is 1. The van der Waals surface area contributed by atoms with E-state index in [1.54, 1.807) is 42.9 Å². The van der Waals surface area contributed by atoms with Crippen molar-refractivity contribution < 1.29 is 60.2 Å². The molecule has 6 N–H and O–H groups in total. The molecule has 0 radical (unpaired) electrons. The molecule has 0 bridgehead atoms. The number of carbonyl (C=O) groups excluding carboxylic acids is 3. The van der Waals surface area contributed by atoms with Crippen molar-refractivity contribution in [2.24, 2.45) is 40.8 Å². The van der Waals surface area contributed by atoms with E-state index in [4.69, 9.17) is 83.3 Å². The van der Waals surface area contributed by atoms with E-state index in [1.165, 1.54) is 23.8 Å². The van der Waals surface area contributed by atoms with Crippen LogP contribution in [0.1, 0.15) is 245 Å². The molecule has 0 fully saturated rings. The van der Waals surface area contributed by atoms with Gasteiger partial charge in [0.2, 0.25) is 0 Å². The third-order valence-corrected chi connectivity index (χ3v) is 28.1. The molecule has 5 unspecified atom stereocenters. The molecule has 4 aromatic heterocycles. The van der Waals surface area contributed by atoms with Crippen molar-refractivity contribution in [2.75, 3.05) is 51.3 Å². The lowest BCUT2D eigenvalue weighted by atomic mass is 9.97. The second-order valence-electron chi connectivity index (χ2n) is 37.1. The zero-order valence-electron chi connectivity index (χ0n) is 80.4. The van der Waals surface area contributed by atoms with Gasteiger partial charge in [0.1, 0.15) is 84.0 Å². The van der Waals surface area contributed by atoms with Crippen LogP contribution in [0.4, 0.5) is 5.69 Å². The average molecular weight is 2300 g/mol. The van der Waals surface area contributed by atoms with Crippen molar-refractivity contribution in [3.63, 3.8) is 0 Å². The van der Waals surface area contributed by atoms with Crippen molar-refractivity contribution >= 4 is 164 Å². The lowest BCUT2D eigenvalue weighted by Gasteiger charge is -2.25. The summed E-state index contributed by atoms with van der Waals surface area (Å²) in [6, 6.07) is 24.7. The van der Waals surface area contributed by atoms with E-state index >= 15 is 0 Å². The predicted octanol–water partition coefficient (Wildman–Crippen LogP) is 23.8. The van der Waals surface area contributed by atoms with Gasteiger partial charge in [0.25, 0.3) is 0 Å². The van der Waals surface area contributed by atoms with E-state index in [-0.39, 0.29) is 59.6 Å². The first-order valence-electron chi connectivity index (χ1n) is 43.3. The lowest BCUT2D eigenvalue weighted by molar-refractivity contribution is 0.0518. The number of nitrogens with two attached hydrogens (primary N) is 2. The number of nitrogens with one attached hydrogen (secondary N) is 2. The van der Waals surface area contributed by atoms with Gasteiger partial charge in [0.15, 0.2) is 11.4 Å². The summed E-state index contributed by atoms with van der Waals surface area (Å²) in [6.07, 6.45) is 9.68. The molecule has 0 aliphatic carbocycles. The molecule has 47 heteroatoms. The summed E-state index contributed by atoms with van der Waals surface area (Å²) in [5.41, 5.74) is 58.6. The minimum atomic E-state index is -1.34. The number of esters is 2. The summed E-state index contributed by atoms with van der Waals surface area (Å²) in [5, 5.41) is 35.2. The van der Waals surface area contributed by atoms with Gasteiger partial charge in [0, 0.05) is 131 Å². The molecule has 38 nitrogen and oxygen atoms in total. The SMILES string of the molecule is CC(=N[S@](=O)C(C)(C)C)c1cc(Br)cc2c1OC(C)(CN=[N+]=[N-])C2.CC(=O)c1cc(Br)cc2c1OC(C)(CN=[N+]=[N-])C2.CC(C)(C)[S@](N)=O.CCOC(=O)c1cnn2ccc(Cl)nc12.CCOC(=O)c1cnn2ccc(N[C@H](C)c3cc(Br)cc4c3OC(C)(CN=[N+]=[N-])C4)cc12.C[C@@H](N)c1cc(Br)cc2c1OC(C)(CN=[N+]=[N-])C2.C[C@@H](N[S@](=O)C(C)(C)C)c1cc(Br)cc2c1OC(C)(CN=[N+]=[N-])C2. The van der Waals surface area contributed by atoms with Gasteiger partial charge in [0.05, 0.1) is 117 Å². The van der Waals surface area contributed by atoms with Crippen LogP contribution in [0.25, 0.3) is 63.4 Å². The number of pyridine rings is 1. The number of fused-ring (bicyclic) bond motifs is 7. The third kappa shape index (κ3) is 30.8. The molecular weight excluding hydrogens is 2180 g/mol. The minimum Gasteiger partial charge on any atom is -0.486 e. The summed E-state index contributed by atoms with van der Waals surface area (Å²) in [4.78, 5) is 53.4. The number of rotatable bonds is 24. The van der Waals surface area contributed by atoms with Crippen LogP contribution >= 0.6 is 91.3 Å². The number of hydrogen-bond acceptors (Lipinski definition) is 23. The molecule has 5 aliphatic heterocycles. The van der Waals surface area contributed by atoms with Crippen LogP contribution in [-0.2, 0) is 74.5 Å². The van der Waals surface area contributed by atoms with E-state index in [0.29, 0.717) is 89.9 Å². The van der Waals surface area contributed by atoms with Gasteiger partial charge in [-0.2, -0.15) is 14.6 Å². The number of ether oxygens (including phenoxy) is 7. The molecular formula is C91H113Br5ClN25O13S3. The largest absolute Gasteiger partial charge is 0.486 e. The molecule has 0 saturated carbocycles. The predicted molar refractivity (Wildman–Crippen MR) is 556 cm³/mol.